The molecule has 1 unspecified atom stereocenters. The summed E-state index contributed by atoms with van der Waals surface area (Å²) in [5, 5.41) is 8.42. The maximum atomic E-state index is 10.8. The number of nitrogens with two attached hydrogens (primary N) is 1. The van der Waals surface area contributed by atoms with Gasteiger partial charge < -0.3 is 20.6 Å². The Hall–Kier alpha value is -0.910. The smallest absolute Gasteiger partial charge is 0.356 e. The van der Waals surface area contributed by atoms with Gasteiger partial charge in [-0.15, -0.1) is 12.4 Å². The van der Waals surface area contributed by atoms with Crippen LogP contribution in [0.5, 0.6) is 0 Å². The zero-order valence-electron chi connectivity index (χ0n) is 7.98. The molecular formula is C8H11ClNO5P. The van der Waals surface area contributed by atoms with Crippen LogP contribution in [0.1, 0.15) is 11.6 Å². The molecule has 90 valence electrons. The van der Waals surface area contributed by atoms with Crippen molar-refractivity contribution in [2.75, 3.05) is 0 Å². The summed E-state index contributed by atoms with van der Waals surface area (Å²) in [7, 11) is -4.28. The second kappa shape index (κ2) is 5.43. The van der Waals surface area contributed by atoms with Crippen LogP contribution in [-0.4, -0.2) is 20.9 Å². The van der Waals surface area contributed by atoms with Crippen molar-refractivity contribution in [1.29, 1.82) is 0 Å². The van der Waals surface area contributed by atoms with E-state index in [1.165, 1.54) is 24.3 Å². The summed E-state index contributed by atoms with van der Waals surface area (Å²) in [5.41, 5.74) is 5.59. The van der Waals surface area contributed by atoms with Gasteiger partial charge in [-0.2, -0.15) is 0 Å². The minimum Gasteiger partial charge on any atom is -0.480 e. The number of hydrogen-bond donors (Lipinski definition) is 4. The Morgan fingerprint density at radius 2 is 1.69 bits per heavy atom. The predicted molar refractivity (Wildman–Crippen MR) is 59.9 cm³/mol. The monoisotopic (exact) mass is 267 g/mol. The molecule has 0 saturated carbocycles. The molecule has 0 aliphatic rings. The van der Waals surface area contributed by atoms with E-state index in [1.54, 1.807) is 0 Å². The van der Waals surface area contributed by atoms with Gasteiger partial charge >= 0.3 is 13.6 Å². The lowest BCUT2D eigenvalue weighted by molar-refractivity contribution is -0.138. The van der Waals surface area contributed by atoms with E-state index >= 15 is 0 Å². The molecule has 1 aromatic rings. The Kier molecular flexibility index (Phi) is 5.12. The van der Waals surface area contributed by atoms with E-state index in [-0.39, 0.29) is 17.7 Å². The van der Waals surface area contributed by atoms with Crippen LogP contribution in [0.15, 0.2) is 24.3 Å². The van der Waals surface area contributed by atoms with Crippen molar-refractivity contribution in [2.45, 2.75) is 6.04 Å². The van der Waals surface area contributed by atoms with Gasteiger partial charge in [0.15, 0.2) is 0 Å². The highest BCUT2D eigenvalue weighted by Gasteiger charge is 2.18. The number of carboxylic acid groups (broad SMARTS) is 1. The Morgan fingerprint density at radius 3 is 2.00 bits per heavy atom. The number of rotatable bonds is 3. The summed E-state index contributed by atoms with van der Waals surface area (Å²) in [6.07, 6.45) is 0. The highest BCUT2D eigenvalue weighted by molar-refractivity contribution is 7.60. The van der Waals surface area contributed by atoms with Gasteiger partial charge in [0.25, 0.3) is 0 Å². The van der Waals surface area contributed by atoms with Crippen LogP contribution in [0, 0.1) is 0 Å². The maximum absolute atomic E-state index is 10.8. The van der Waals surface area contributed by atoms with Crippen molar-refractivity contribution in [3.8, 4) is 0 Å². The van der Waals surface area contributed by atoms with E-state index in [0.717, 1.165) is 0 Å². The molecule has 6 nitrogen and oxygen atoms in total. The Bertz CT molecular complexity index is 415. The number of hydrogen-bond acceptors (Lipinski definition) is 3. The molecule has 8 heteroatoms. The number of carbonyl (C=O) groups is 1. The van der Waals surface area contributed by atoms with E-state index in [9.17, 15) is 9.36 Å². The number of carboxylic acids is 1. The zero-order chi connectivity index (χ0) is 11.6. The molecular weight excluding hydrogens is 257 g/mol. The first-order valence-electron chi connectivity index (χ1n) is 3.97. The molecule has 1 atom stereocenters. The predicted octanol–water partition coefficient (Wildman–Crippen LogP) is -0.00420. The van der Waals surface area contributed by atoms with Gasteiger partial charge in [-0.1, -0.05) is 12.1 Å². The lowest BCUT2D eigenvalue weighted by Gasteiger charge is -2.08. The second-order valence-corrected chi connectivity index (χ2v) is 4.56. The third-order valence-corrected chi connectivity index (χ3v) is 2.83. The van der Waals surface area contributed by atoms with Crippen molar-refractivity contribution < 1.29 is 24.3 Å². The number of aliphatic carboxylic acids is 1. The van der Waals surface area contributed by atoms with E-state index in [2.05, 4.69) is 0 Å². The Morgan fingerprint density at radius 1 is 1.25 bits per heavy atom. The molecule has 0 fully saturated rings. The SMILES string of the molecule is Cl.NC(C(=O)O)c1ccc(P(=O)(O)O)cc1. The van der Waals surface area contributed by atoms with Gasteiger partial charge in [-0.05, 0) is 17.7 Å². The van der Waals surface area contributed by atoms with Crippen molar-refractivity contribution in [3.05, 3.63) is 29.8 Å². The van der Waals surface area contributed by atoms with Gasteiger partial charge in [-0.25, -0.2) is 0 Å². The average Bonchev–Trinajstić information content (AvgIpc) is 2.15. The number of benzene rings is 1. The Labute approximate surface area is 97.7 Å². The first-order valence-corrected chi connectivity index (χ1v) is 5.58. The maximum Gasteiger partial charge on any atom is 0.356 e. The normalized spacial score (nSPS) is 12.7. The van der Waals surface area contributed by atoms with E-state index in [0.29, 0.717) is 5.56 Å². The molecule has 0 spiro atoms. The van der Waals surface area contributed by atoms with Gasteiger partial charge in [0.05, 0.1) is 5.30 Å². The summed E-state index contributed by atoms with van der Waals surface area (Å²) in [4.78, 5) is 28.1. The third kappa shape index (κ3) is 3.59. The molecule has 0 aliphatic heterocycles. The van der Waals surface area contributed by atoms with Crippen LogP contribution in [0.2, 0.25) is 0 Å². The first kappa shape index (κ1) is 15.1. The molecule has 0 amide bonds. The lowest BCUT2D eigenvalue weighted by atomic mass is 10.1. The fraction of sp³-hybridized carbons (Fsp3) is 0.125. The summed E-state index contributed by atoms with van der Waals surface area (Å²) < 4.78 is 10.8. The molecule has 5 N–H and O–H groups in total. The molecule has 0 aliphatic carbocycles. The van der Waals surface area contributed by atoms with E-state index in [4.69, 9.17) is 20.6 Å². The molecule has 0 radical (unpaired) electrons. The molecule has 1 aromatic carbocycles. The van der Waals surface area contributed by atoms with Crippen LogP contribution in [0.25, 0.3) is 0 Å². The van der Waals surface area contributed by atoms with Crippen LogP contribution in [0.4, 0.5) is 0 Å². The molecule has 0 heterocycles. The minimum atomic E-state index is -4.28. The molecule has 1 rings (SSSR count). The summed E-state index contributed by atoms with van der Waals surface area (Å²) >= 11 is 0. The number of halogens is 1. The van der Waals surface area contributed by atoms with Crippen molar-refractivity contribution >= 4 is 31.3 Å². The second-order valence-electron chi connectivity index (χ2n) is 2.95. The van der Waals surface area contributed by atoms with Crippen molar-refractivity contribution in [3.63, 3.8) is 0 Å². The molecule has 16 heavy (non-hydrogen) atoms. The standard InChI is InChI=1S/C8H10NO5P.ClH/c9-7(8(10)11)5-1-3-6(4-2-5)15(12,13)14;/h1-4,7H,9H2,(H,10,11)(H2,12,13,14);1H. The van der Waals surface area contributed by atoms with Crippen LogP contribution < -0.4 is 11.0 Å². The third-order valence-electron chi connectivity index (χ3n) is 1.85. The van der Waals surface area contributed by atoms with Gasteiger partial charge in [0, 0.05) is 0 Å². The van der Waals surface area contributed by atoms with Gasteiger partial charge in [0.1, 0.15) is 6.04 Å². The van der Waals surface area contributed by atoms with Crippen molar-refractivity contribution in [1.82, 2.24) is 0 Å². The fourth-order valence-electron chi connectivity index (χ4n) is 1.02. The summed E-state index contributed by atoms with van der Waals surface area (Å²) in [5.74, 6) is -1.20. The largest absolute Gasteiger partial charge is 0.480 e. The highest BCUT2D eigenvalue weighted by Crippen LogP contribution is 2.33. The highest BCUT2D eigenvalue weighted by atomic mass is 35.5. The molecule has 0 aromatic heterocycles. The summed E-state index contributed by atoms with van der Waals surface area (Å²) in [6.45, 7) is 0. The van der Waals surface area contributed by atoms with Crippen LogP contribution >= 0.6 is 20.0 Å². The van der Waals surface area contributed by atoms with E-state index in [1.807, 2.05) is 0 Å². The fourth-order valence-corrected chi connectivity index (χ4v) is 1.56. The summed E-state index contributed by atoms with van der Waals surface area (Å²) in [6, 6.07) is 3.72. The van der Waals surface area contributed by atoms with Gasteiger partial charge in [-0.3, -0.25) is 9.36 Å². The lowest BCUT2D eigenvalue weighted by Crippen LogP contribution is -2.21. The van der Waals surface area contributed by atoms with E-state index < -0.39 is 19.6 Å². The minimum absolute atomic E-state index is 0. The molecule has 0 bridgehead atoms. The molecule has 0 saturated heterocycles. The van der Waals surface area contributed by atoms with Gasteiger partial charge in [0.2, 0.25) is 0 Å². The van der Waals surface area contributed by atoms with Crippen LogP contribution in [-0.2, 0) is 9.36 Å². The Balaban J connectivity index is 0.00000225. The van der Waals surface area contributed by atoms with Crippen LogP contribution in [0.3, 0.4) is 0 Å². The average molecular weight is 268 g/mol. The quantitative estimate of drug-likeness (QED) is 0.572. The zero-order valence-corrected chi connectivity index (χ0v) is 9.69. The first-order chi connectivity index (χ1) is 6.82. The van der Waals surface area contributed by atoms with Crippen molar-refractivity contribution in [2.24, 2.45) is 5.73 Å². The topological polar surface area (TPSA) is 121 Å².